The lowest BCUT2D eigenvalue weighted by molar-refractivity contribution is -0.125. The van der Waals surface area contributed by atoms with Crippen LogP contribution in [0.4, 0.5) is 0 Å². The van der Waals surface area contributed by atoms with E-state index in [-0.39, 0.29) is 17.7 Å². The first-order chi connectivity index (χ1) is 10.2. The third-order valence-corrected chi connectivity index (χ3v) is 4.06. The van der Waals surface area contributed by atoms with Crippen LogP contribution >= 0.6 is 0 Å². The number of carbonyl (C=O) groups is 2. The highest BCUT2D eigenvalue weighted by atomic mass is 16.2. The Balaban J connectivity index is 2.04. The molecule has 114 valence electrons. The van der Waals surface area contributed by atoms with Gasteiger partial charge in [0.25, 0.3) is 5.91 Å². The van der Waals surface area contributed by atoms with Crippen molar-refractivity contribution in [2.75, 3.05) is 26.7 Å². The van der Waals surface area contributed by atoms with Crippen LogP contribution < -0.4 is 11.1 Å². The second-order valence-electron chi connectivity index (χ2n) is 5.38. The number of nitrogens with zero attached hydrogens (tertiary/aromatic N) is 1. The molecule has 5 heteroatoms. The first-order valence-corrected chi connectivity index (χ1v) is 7.46. The van der Waals surface area contributed by atoms with Crippen molar-refractivity contribution < 1.29 is 9.59 Å². The minimum absolute atomic E-state index is 0.0262. The number of hydrogen-bond donors (Lipinski definition) is 2. The van der Waals surface area contributed by atoms with E-state index in [2.05, 4.69) is 5.32 Å². The lowest BCUT2D eigenvalue weighted by Crippen LogP contribution is -2.42. The second-order valence-corrected chi connectivity index (χ2v) is 5.38. The molecule has 0 atom stereocenters. The maximum Gasteiger partial charge on any atom is 0.254 e. The van der Waals surface area contributed by atoms with E-state index in [1.807, 2.05) is 29.2 Å². The van der Waals surface area contributed by atoms with Gasteiger partial charge in [-0.1, -0.05) is 18.2 Å². The van der Waals surface area contributed by atoms with Crippen LogP contribution in [0.2, 0.25) is 0 Å². The molecule has 3 N–H and O–H groups in total. The molecule has 1 heterocycles. The highest BCUT2D eigenvalue weighted by molar-refractivity contribution is 5.96. The Morgan fingerprint density at radius 3 is 2.57 bits per heavy atom. The molecular weight excluding hydrogens is 266 g/mol. The summed E-state index contributed by atoms with van der Waals surface area (Å²) in [5, 5.41) is 2.68. The molecule has 0 aliphatic carbocycles. The summed E-state index contributed by atoms with van der Waals surface area (Å²) in [6.45, 7) is 1.80. The fourth-order valence-corrected chi connectivity index (χ4v) is 2.82. The molecule has 5 nitrogen and oxygen atoms in total. The van der Waals surface area contributed by atoms with Crippen molar-refractivity contribution >= 4 is 11.8 Å². The van der Waals surface area contributed by atoms with E-state index in [0.717, 1.165) is 24.0 Å². The Hall–Kier alpha value is -1.88. The maximum absolute atomic E-state index is 12.6. The number of likely N-dealkylation sites (tertiary alicyclic amines) is 1. The van der Waals surface area contributed by atoms with Crippen molar-refractivity contribution in [1.82, 2.24) is 10.2 Å². The van der Waals surface area contributed by atoms with Gasteiger partial charge in [0, 0.05) is 31.6 Å². The molecule has 1 aromatic rings. The molecule has 0 unspecified atom stereocenters. The molecule has 2 amide bonds. The Labute approximate surface area is 125 Å². The van der Waals surface area contributed by atoms with Crippen LogP contribution in [0.25, 0.3) is 0 Å². The normalized spacial score (nSPS) is 15.8. The number of carbonyl (C=O) groups excluding carboxylic acids is 2. The van der Waals surface area contributed by atoms with Gasteiger partial charge in [-0.25, -0.2) is 0 Å². The monoisotopic (exact) mass is 289 g/mol. The summed E-state index contributed by atoms with van der Waals surface area (Å²) in [4.78, 5) is 26.1. The van der Waals surface area contributed by atoms with Gasteiger partial charge < -0.3 is 16.0 Å². The van der Waals surface area contributed by atoms with E-state index in [0.29, 0.717) is 26.1 Å². The van der Waals surface area contributed by atoms with E-state index in [1.54, 1.807) is 7.05 Å². The van der Waals surface area contributed by atoms with Gasteiger partial charge in [-0.15, -0.1) is 0 Å². The molecule has 1 fully saturated rings. The first-order valence-electron chi connectivity index (χ1n) is 7.46. The van der Waals surface area contributed by atoms with Gasteiger partial charge in [0.05, 0.1) is 0 Å². The summed E-state index contributed by atoms with van der Waals surface area (Å²) >= 11 is 0. The van der Waals surface area contributed by atoms with E-state index in [4.69, 9.17) is 5.73 Å². The van der Waals surface area contributed by atoms with Gasteiger partial charge in [0.1, 0.15) is 0 Å². The smallest absolute Gasteiger partial charge is 0.254 e. The quantitative estimate of drug-likeness (QED) is 0.860. The summed E-state index contributed by atoms with van der Waals surface area (Å²) in [5.74, 6) is 0.151. The lowest BCUT2D eigenvalue weighted by atomic mass is 9.95. The summed E-state index contributed by atoms with van der Waals surface area (Å²) < 4.78 is 0. The average Bonchev–Trinajstić information content (AvgIpc) is 2.54. The lowest BCUT2D eigenvalue weighted by Gasteiger charge is -2.31. The second kappa shape index (κ2) is 7.22. The minimum Gasteiger partial charge on any atom is -0.359 e. The number of nitrogens with two attached hydrogens (primary N) is 1. The molecule has 21 heavy (non-hydrogen) atoms. The molecule has 1 saturated heterocycles. The van der Waals surface area contributed by atoms with Crippen molar-refractivity contribution in [2.24, 2.45) is 11.7 Å². The molecule has 0 saturated carbocycles. The van der Waals surface area contributed by atoms with Gasteiger partial charge in [0.2, 0.25) is 5.91 Å². The summed E-state index contributed by atoms with van der Waals surface area (Å²) in [5.41, 5.74) is 7.34. The molecule has 0 bridgehead atoms. The molecule has 1 aromatic carbocycles. The molecule has 0 aromatic heterocycles. The van der Waals surface area contributed by atoms with Gasteiger partial charge in [0.15, 0.2) is 0 Å². The zero-order chi connectivity index (χ0) is 15.2. The van der Waals surface area contributed by atoms with Crippen molar-refractivity contribution in [2.45, 2.75) is 19.3 Å². The zero-order valence-corrected chi connectivity index (χ0v) is 12.5. The summed E-state index contributed by atoms with van der Waals surface area (Å²) in [7, 11) is 1.66. The van der Waals surface area contributed by atoms with E-state index in [9.17, 15) is 9.59 Å². The van der Waals surface area contributed by atoms with Gasteiger partial charge in [-0.05, 0) is 37.4 Å². The minimum atomic E-state index is 0.0262. The number of hydrogen-bond acceptors (Lipinski definition) is 3. The predicted molar refractivity (Wildman–Crippen MR) is 81.9 cm³/mol. The van der Waals surface area contributed by atoms with Crippen LogP contribution in [0.3, 0.4) is 0 Å². The van der Waals surface area contributed by atoms with E-state index >= 15 is 0 Å². The fraction of sp³-hybridized carbons (Fsp3) is 0.500. The van der Waals surface area contributed by atoms with Crippen LogP contribution in [0.5, 0.6) is 0 Å². The third-order valence-electron chi connectivity index (χ3n) is 4.06. The fourth-order valence-electron chi connectivity index (χ4n) is 2.82. The van der Waals surface area contributed by atoms with Crippen LogP contribution in [-0.2, 0) is 11.2 Å². The van der Waals surface area contributed by atoms with E-state index < -0.39 is 0 Å². The van der Waals surface area contributed by atoms with Crippen molar-refractivity contribution in [3.8, 4) is 0 Å². The SMILES string of the molecule is CNC(=O)C1CCN(C(=O)c2ccccc2CCN)CC1. The number of benzene rings is 1. The summed E-state index contributed by atoms with van der Waals surface area (Å²) in [6.07, 6.45) is 2.16. The van der Waals surface area contributed by atoms with Crippen molar-refractivity contribution in [1.29, 1.82) is 0 Å². The average molecular weight is 289 g/mol. The number of nitrogens with one attached hydrogen (secondary N) is 1. The molecular formula is C16H23N3O2. The topological polar surface area (TPSA) is 75.4 Å². The maximum atomic E-state index is 12.6. The van der Waals surface area contributed by atoms with Gasteiger partial charge in [-0.2, -0.15) is 0 Å². The Bertz CT molecular complexity index is 508. The third kappa shape index (κ3) is 3.61. The van der Waals surface area contributed by atoms with Crippen LogP contribution in [0.1, 0.15) is 28.8 Å². The highest BCUT2D eigenvalue weighted by Crippen LogP contribution is 2.20. The molecule has 2 rings (SSSR count). The first kappa shape index (κ1) is 15.5. The number of rotatable bonds is 4. The van der Waals surface area contributed by atoms with E-state index in [1.165, 1.54) is 0 Å². The Kier molecular flexibility index (Phi) is 5.33. The highest BCUT2D eigenvalue weighted by Gasteiger charge is 2.27. The summed E-state index contributed by atoms with van der Waals surface area (Å²) in [6, 6.07) is 7.62. The molecule has 0 radical (unpaired) electrons. The van der Waals surface area contributed by atoms with Crippen LogP contribution in [-0.4, -0.2) is 43.4 Å². The van der Waals surface area contributed by atoms with Crippen LogP contribution in [0, 0.1) is 5.92 Å². The standard InChI is InChI=1S/C16H23N3O2/c1-18-15(20)13-7-10-19(11-8-13)16(21)14-5-3-2-4-12(14)6-9-17/h2-5,13H,6-11,17H2,1H3,(H,18,20). The molecule has 0 spiro atoms. The van der Waals surface area contributed by atoms with Gasteiger partial charge in [-0.3, -0.25) is 9.59 Å². The Morgan fingerprint density at radius 2 is 1.95 bits per heavy atom. The largest absolute Gasteiger partial charge is 0.359 e. The predicted octanol–water partition coefficient (Wildman–Crippen LogP) is 0.786. The zero-order valence-electron chi connectivity index (χ0n) is 12.5. The van der Waals surface area contributed by atoms with Gasteiger partial charge >= 0.3 is 0 Å². The number of piperidine rings is 1. The van der Waals surface area contributed by atoms with Crippen molar-refractivity contribution in [3.63, 3.8) is 0 Å². The Morgan fingerprint density at radius 1 is 1.29 bits per heavy atom. The van der Waals surface area contributed by atoms with Crippen molar-refractivity contribution in [3.05, 3.63) is 35.4 Å². The van der Waals surface area contributed by atoms with Crippen LogP contribution in [0.15, 0.2) is 24.3 Å². The molecule has 1 aliphatic rings. The number of amides is 2. The molecule has 1 aliphatic heterocycles.